The van der Waals surface area contributed by atoms with Crippen molar-refractivity contribution in [1.82, 2.24) is 4.90 Å². The lowest BCUT2D eigenvalue weighted by atomic mass is 10.2. The van der Waals surface area contributed by atoms with Gasteiger partial charge in [0.25, 0.3) is 0 Å². The Hall–Kier alpha value is -1.20. The zero-order valence-electron chi connectivity index (χ0n) is 11.8. The molecule has 106 valence electrons. The molecule has 1 aromatic rings. The van der Waals surface area contributed by atoms with Crippen molar-refractivity contribution in [2.45, 2.75) is 18.7 Å². The number of carbonyl (C=O) groups excluding carboxylic acids is 1. The molecule has 5 heteroatoms. The second kappa shape index (κ2) is 8.07. The van der Waals surface area contributed by atoms with E-state index in [4.69, 9.17) is 10.5 Å². The molecule has 0 radical (unpaired) electrons. The van der Waals surface area contributed by atoms with Gasteiger partial charge in [-0.25, -0.2) is 4.79 Å². The summed E-state index contributed by atoms with van der Waals surface area (Å²) in [6.45, 7) is 7.30. The maximum absolute atomic E-state index is 11.9. The number of thioether (sulfide) groups is 1. The molecule has 0 heterocycles. The van der Waals surface area contributed by atoms with Crippen molar-refractivity contribution in [1.29, 1.82) is 0 Å². The molecular weight excluding hydrogens is 260 g/mol. The number of hydrogen-bond acceptors (Lipinski definition) is 5. The molecule has 0 amide bonds. The van der Waals surface area contributed by atoms with E-state index in [1.807, 2.05) is 6.26 Å². The molecule has 0 aromatic heterocycles. The van der Waals surface area contributed by atoms with Crippen molar-refractivity contribution >= 4 is 23.4 Å². The first-order chi connectivity index (χ1) is 9.12. The molecule has 0 bridgehead atoms. The number of nitrogens with zero attached hydrogens (tertiary/aromatic N) is 1. The highest BCUT2D eigenvalue weighted by molar-refractivity contribution is 7.98. The summed E-state index contributed by atoms with van der Waals surface area (Å²) in [4.78, 5) is 15.0. The van der Waals surface area contributed by atoms with Crippen molar-refractivity contribution in [3.05, 3.63) is 23.8 Å². The summed E-state index contributed by atoms with van der Waals surface area (Å²) in [5.41, 5.74) is 7.04. The Bertz CT molecular complexity index is 420. The lowest BCUT2D eigenvalue weighted by Crippen LogP contribution is -2.27. The lowest BCUT2D eigenvalue weighted by molar-refractivity contribution is 0.0466. The molecule has 19 heavy (non-hydrogen) atoms. The first-order valence-corrected chi connectivity index (χ1v) is 7.67. The first kappa shape index (κ1) is 15.9. The molecule has 0 aliphatic heterocycles. The summed E-state index contributed by atoms with van der Waals surface area (Å²) in [5.74, 6) is -0.289. The molecule has 0 spiro atoms. The van der Waals surface area contributed by atoms with Gasteiger partial charge in [0.1, 0.15) is 6.61 Å². The van der Waals surface area contributed by atoms with Gasteiger partial charge >= 0.3 is 5.97 Å². The van der Waals surface area contributed by atoms with Gasteiger partial charge < -0.3 is 15.4 Å². The quantitative estimate of drug-likeness (QED) is 0.473. The van der Waals surface area contributed by atoms with Crippen molar-refractivity contribution in [3.63, 3.8) is 0 Å². The number of esters is 1. The Morgan fingerprint density at radius 3 is 2.63 bits per heavy atom. The number of benzene rings is 1. The third kappa shape index (κ3) is 4.76. The van der Waals surface area contributed by atoms with Gasteiger partial charge in [0.15, 0.2) is 0 Å². The highest BCUT2D eigenvalue weighted by atomic mass is 32.2. The van der Waals surface area contributed by atoms with Gasteiger partial charge in [-0.05, 0) is 37.5 Å². The van der Waals surface area contributed by atoms with Gasteiger partial charge in [0.2, 0.25) is 0 Å². The van der Waals surface area contributed by atoms with E-state index in [-0.39, 0.29) is 5.97 Å². The summed E-state index contributed by atoms with van der Waals surface area (Å²) in [6, 6.07) is 5.22. The maximum atomic E-state index is 11.9. The van der Waals surface area contributed by atoms with Crippen molar-refractivity contribution in [2.24, 2.45) is 0 Å². The summed E-state index contributed by atoms with van der Waals surface area (Å²) < 4.78 is 5.27. The zero-order valence-corrected chi connectivity index (χ0v) is 12.6. The number of carbonyl (C=O) groups is 1. The SMILES string of the molecule is CCN(CC)CCOC(=O)c1ccc(N)c(SC)c1. The maximum Gasteiger partial charge on any atom is 0.338 e. The van der Waals surface area contributed by atoms with Crippen LogP contribution in [0.3, 0.4) is 0 Å². The Balaban J connectivity index is 2.54. The molecule has 0 unspecified atom stereocenters. The molecule has 1 rings (SSSR count). The van der Waals surface area contributed by atoms with Crippen LogP contribution in [-0.4, -0.2) is 43.4 Å². The molecule has 0 fully saturated rings. The summed E-state index contributed by atoms with van der Waals surface area (Å²) in [5, 5.41) is 0. The van der Waals surface area contributed by atoms with Crippen LogP contribution < -0.4 is 5.73 Å². The number of anilines is 1. The molecule has 0 aliphatic carbocycles. The van der Waals surface area contributed by atoms with Crippen LogP contribution in [0.2, 0.25) is 0 Å². The number of nitrogen functional groups attached to an aromatic ring is 1. The number of hydrogen-bond donors (Lipinski definition) is 1. The summed E-state index contributed by atoms with van der Waals surface area (Å²) in [6.07, 6.45) is 1.93. The van der Waals surface area contributed by atoms with Crippen LogP contribution >= 0.6 is 11.8 Å². The Labute approximate surface area is 119 Å². The zero-order chi connectivity index (χ0) is 14.3. The largest absolute Gasteiger partial charge is 0.461 e. The molecule has 0 saturated carbocycles. The van der Waals surface area contributed by atoms with E-state index in [1.54, 1.807) is 18.2 Å². The Morgan fingerprint density at radius 1 is 1.37 bits per heavy atom. The van der Waals surface area contributed by atoms with E-state index in [1.165, 1.54) is 11.8 Å². The van der Waals surface area contributed by atoms with E-state index in [2.05, 4.69) is 18.7 Å². The average molecular weight is 282 g/mol. The van der Waals surface area contributed by atoms with Crippen LogP contribution in [0.15, 0.2) is 23.1 Å². The molecule has 1 aromatic carbocycles. The third-order valence-corrected chi connectivity index (χ3v) is 3.80. The van der Waals surface area contributed by atoms with Gasteiger partial charge in [-0.15, -0.1) is 11.8 Å². The Kier molecular flexibility index (Phi) is 6.73. The fourth-order valence-corrected chi connectivity index (χ4v) is 2.28. The van der Waals surface area contributed by atoms with E-state index < -0.39 is 0 Å². The van der Waals surface area contributed by atoms with Gasteiger partial charge in [0.05, 0.1) is 5.56 Å². The second-order valence-electron chi connectivity index (χ2n) is 4.12. The fourth-order valence-electron chi connectivity index (χ4n) is 1.73. The Morgan fingerprint density at radius 2 is 2.05 bits per heavy atom. The fraction of sp³-hybridized carbons (Fsp3) is 0.500. The standard InChI is InChI=1S/C14H22N2O2S/c1-4-16(5-2)8-9-18-14(17)11-6-7-12(15)13(10-11)19-3/h6-7,10H,4-5,8-9,15H2,1-3H3. The van der Waals surface area contributed by atoms with Gasteiger partial charge in [-0.2, -0.15) is 0 Å². The van der Waals surface area contributed by atoms with Gasteiger partial charge in [-0.1, -0.05) is 13.8 Å². The predicted octanol–water partition coefficient (Wildman–Crippen LogP) is 2.49. The number of likely N-dealkylation sites (N-methyl/N-ethyl adjacent to an activating group) is 1. The van der Waals surface area contributed by atoms with Gasteiger partial charge in [0, 0.05) is 17.1 Å². The molecule has 0 aliphatic rings. The predicted molar refractivity (Wildman–Crippen MR) is 80.7 cm³/mol. The molecule has 0 saturated heterocycles. The third-order valence-electron chi connectivity index (χ3n) is 3.00. The summed E-state index contributed by atoms with van der Waals surface area (Å²) in [7, 11) is 0. The van der Waals surface area contributed by atoms with Crippen molar-refractivity contribution in [2.75, 3.05) is 38.2 Å². The number of nitrogens with two attached hydrogens (primary N) is 1. The summed E-state index contributed by atoms with van der Waals surface area (Å²) >= 11 is 1.52. The topological polar surface area (TPSA) is 55.6 Å². The van der Waals surface area contributed by atoms with Crippen LogP contribution in [-0.2, 0) is 4.74 Å². The average Bonchev–Trinajstić information content (AvgIpc) is 2.44. The molecule has 0 atom stereocenters. The minimum Gasteiger partial charge on any atom is -0.461 e. The highest BCUT2D eigenvalue weighted by Gasteiger charge is 2.10. The lowest BCUT2D eigenvalue weighted by Gasteiger charge is -2.17. The van der Waals surface area contributed by atoms with Crippen LogP contribution in [0.1, 0.15) is 24.2 Å². The second-order valence-corrected chi connectivity index (χ2v) is 4.97. The highest BCUT2D eigenvalue weighted by Crippen LogP contribution is 2.24. The minimum atomic E-state index is -0.289. The van der Waals surface area contributed by atoms with Crippen molar-refractivity contribution in [3.8, 4) is 0 Å². The molecular formula is C14H22N2O2S. The number of ether oxygens (including phenoxy) is 1. The van der Waals surface area contributed by atoms with E-state index in [0.717, 1.165) is 24.5 Å². The molecule has 4 nitrogen and oxygen atoms in total. The van der Waals surface area contributed by atoms with E-state index in [9.17, 15) is 4.79 Å². The van der Waals surface area contributed by atoms with Crippen LogP contribution in [0, 0.1) is 0 Å². The van der Waals surface area contributed by atoms with E-state index >= 15 is 0 Å². The van der Waals surface area contributed by atoms with Gasteiger partial charge in [-0.3, -0.25) is 0 Å². The van der Waals surface area contributed by atoms with Crippen LogP contribution in [0.25, 0.3) is 0 Å². The van der Waals surface area contributed by atoms with Crippen LogP contribution in [0.5, 0.6) is 0 Å². The van der Waals surface area contributed by atoms with Crippen molar-refractivity contribution < 1.29 is 9.53 Å². The first-order valence-electron chi connectivity index (χ1n) is 6.45. The minimum absolute atomic E-state index is 0.289. The monoisotopic (exact) mass is 282 g/mol. The van der Waals surface area contributed by atoms with E-state index in [0.29, 0.717) is 17.9 Å². The molecule has 2 N–H and O–H groups in total. The van der Waals surface area contributed by atoms with Crippen LogP contribution in [0.4, 0.5) is 5.69 Å². The smallest absolute Gasteiger partial charge is 0.338 e. The number of rotatable bonds is 7. The normalized spacial score (nSPS) is 10.7.